The lowest BCUT2D eigenvalue weighted by atomic mass is 10.1. The van der Waals surface area contributed by atoms with Gasteiger partial charge < -0.3 is 19.8 Å². The second kappa shape index (κ2) is 10.6. The molecule has 1 aliphatic heterocycles. The molecule has 35 heavy (non-hydrogen) atoms. The van der Waals surface area contributed by atoms with Crippen molar-refractivity contribution in [1.29, 1.82) is 0 Å². The van der Waals surface area contributed by atoms with E-state index in [1.54, 1.807) is 24.3 Å². The molecule has 0 bridgehead atoms. The first-order valence-corrected chi connectivity index (χ1v) is 13.1. The van der Waals surface area contributed by atoms with E-state index in [9.17, 15) is 18.0 Å². The SMILES string of the molecule is NS(=O)(=O)c1ccc(CCNC(=O)CCCCCn2c(=S)[nH]c3cc4c(cc3c2=O)OCO4)cc1. The number of fused-ring (bicyclic) bond motifs is 2. The van der Waals surface area contributed by atoms with E-state index in [1.807, 2.05) is 0 Å². The zero-order valence-electron chi connectivity index (χ0n) is 18.9. The Hall–Kier alpha value is -3.22. The highest BCUT2D eigenvalue weighted by molar-refractivity contribution is 7.89. The highest BCUT2D eigenvalue weighted by atomic mass is 32.2. The molecule has 4 rings (SSSR count). The van der Waals surface area contributed by atoms with Gasteiger partial charge in [-0.05, 0) is 55.2 Å². The van der Waals surface area contributed by atoms with Crippen LogP contribution in [0, 0.1) is 4.77 Å². The molecular weight excluding hydrogens is 492 g/mol. The highest BCUT2D eigenvalue weighted by Crippen LogP contribution is 2.34. The first-order valence-electron chi connectivity index (χ1n) is 11.2. The zero-order valence-corrected chi connectivity index (χ0v) is 20.5. The van der Waals surface area contributed by atoms with Gasteiger partial charge in [-0.25, -0.2) is 13.6 Å². The molecule has 1 aromatic heterocycles. The van der Waals surface area contributed by atoms with Gasteiger partial charge in [0.05, 0.1) is 15.8 Å². The Labute approximate surface area is 207 Å². The van der Waals surface area contributed by atoms with Gasteiger partial charge in [-0.2, -0.15) is 0 Å². The van der Waals surface area contributed by atoms with E-state index in [1.165, 1.54) is 16.7 Å². The number of carbonyl (C=O) groups is 1. The van der Waals surface area contributed by atoms with Crippen molar-refractivity contribution in [3.05, 3.63) is 57.1 Å². The summed E-state index contributed by atoms with van der Waals surface area (Å²) in [6.07, 6.45) is 3.12. The second-order valence-electron chi connectivity index (χ2n) is 8.24. The number of hydrogen-bond donors (Lipinski definition) is 3. The number of unbranched alkanes of at least 4 members (excludes halogenated alkanes) is 2. The topological polar surface area (TPSA) is 146 Å². The molecule has 0 spiro atoms. The van der Waals surface area contributed by atoms with E-state index < -0.39 is 10.0 Å². The molecule has 0 fully saturated rings. The Morgan fingerprint density at radius 3 is 2.54 bits per heavy atom. The van der Waals surface area contributed by atoms with Gasteiger partial charge in [-0.15, -0.1) is 0 Å². The van der Waals surface area contributed by atoms with Crippen LogP contribution in [-0.4, -0.2) is 37.2 Å². The van der Waals surface area contributed by atoms with E-state index in [0.717, 1.165) is 12.0 Å². The predicted octanol–water partition coefficient (Wildman–Crippen LogP) is 2.35. The van der Waals surface area contributed by atoms with Crippen LogP contribution in [0.1, 0.15) is 31.2 Å². The number of benzene rings is 2. The Bertz CT molecular complexity index is 1460. The number of nitrogens with two attached hydrogens (primary N) is 1. The zero-order chi connectivity index (χ0) is 25.0. The lowest BCUT2D eigenvalue weighted by Gasteiger charge is -2.09. The summed E-state index contributed by atoms with van der Waals surface area (Å²) in [7, 11) is -3.71. The van der Waals surface area contributed by atoms with Crippen molar-refractivity contribution in [2.75, 3.05) is 13.3 Å². The molecule has 4 N–H and O–H groups in total. The van der Waals surface area contributed by atoms with Gasteiger partial charge in [0.1, 0.15) is 0 Å². The lowest BCUT2D eigenvalue weighted by molar-refractivity contribution is -0.121. The van der Waals surface area contributed by atoms with Crippen LogP contribution in [0.5, 0.6) is 11.5 Å². The van der Waals surface area contributed by atoms with Crippen molar-refractivity contribution >= 4 is 39.1 Å². The van der Waals surface area contributed by atoms with E-state index in [4.69, 9.17) is 26.8 Å². The van der Waals surface area contributed by atoms with Crippen molar-refractivity contribution < 1.29 is 22.7 Å². The minimum Gasteiger partial charge on any atom is -0.454 e. The summed E-state index contributed by atoms with van der Waals surface area (Å²) in [5.74, 6) is 1.07. The molecule has 1 amide bonds. The van der Waals surface area contributed by atoms with Crippen molar-refractivity contribution in [2.45, 2.75) is 43.5 Å². The number of amides is 1. The average molecular weight is 519 g/mol. The molecule has 0 saturated heterocycles. The van der Waals surface area contributed by atoms with Crippen LogP contribution in [0.3, 0.4) is 0 Å². The molecule has 0 unspecified atom stereocenters. The third-order valence-corrected chi connectivity index (χ3v) is 7.00. The summed E-state index contributed by atoms with van der Waals surface area (Å²) in [5.41, 5.74) is 1.33. The molecule has 0 aliphatic carbocycles. The number of nitrogens with one attached hydrogen (secondary N) is 2. The molecule has 3 aromatic rings. The number of primary sulfonamides is 1. The van der Waals surface area contributed by atoms with Crippen molar-refractivity contribution in [3.8, 4) is 11.5 Å². The fourth-order valence-corrected chi connectivity index (χ4v) is 4.66. The monoisotopic (exact) mass is 518 g/mol. The number of nitrogens with zero attached hydrogens (tertiary/aromatic N) is 1. The van der Waals surface area contributed by atoms with Gasteiger partial charge in [0.25, 0.3) is 5.56 Å². The Morgan fingerprint density at radius 2 is 1.83 bits per heavy atom. The molecule has 186 valence electrons. The molecule has 2 aromatic carbocycles. The molecule has 10 nitrogen and oxygen atoms in total. The average Bonchev–Trinajstić information content (AvgIpc) is 3.27. The second-order valence-corrected chi connectivity index (χ2v) is 10.2. The van der Waals surface area contributed by atoms with Crippen LogP contribution < -0.4 is 25.5 Å². The maximum absolute atomic E-state index is 12.9. The molecular formula is C23H26N4O6S2. The summed E-state index contributed by atoms with van der Waals surface area (Å²) in [5, 5.41) is 8.44. The Balaban J connectivity index is 1.20. The van der Waals surface area contributed by atoms with E-state index in [-0.39, 0.29) is 23.2 Å². The van der Waals surface area contributed by atoms with E-state index >= 15 is 0 Å². The normalized spacial score (nSPS) is 12.7. The number of carbonyl (C=O) groups excluding carboxylic acids is 1. The minimum atomic E-state index is -3.71. The largest absolute Gasteiger partial charge is 0.454 e. The van der Waals surface area contributed by atoms with Gasteiger partial charge in [0.15, 0.2) is 16.3 Å². The number of ether oxygens (including phenoxy) is 2. The van der Waals surface area contributed by atoms with Crippen LogP contribution in [-0.2, 0) is 27.8 Å². The van der Waals surface area contributed by atoms with Crippen molar-refractivity contribution in [1.82, 2.24) is 14.9 Å². The van der Waals surface area contributed by atoms with Gasteiger partial charge in [0, 0.05) is 25.6 Å². The lowest BCUT2D eigenvalue weighted by Crippen LogP contribution is -2.25. The summed E-state index contributed by atoms with van der Waals surface area (Å²) in [4.78, 5) is 28.1. The first kappa shape index (κ1) is 24.9. The molecule has 2 heterocycles. The fraction of sp³-hybridized carbons (Fsp3) is 0.348. The van der Waals surface area contributed by atoms with Crippen molar-refractivity contribution in [3.63, 3.8) is 0 Å². The molecule has 12 heteroatoms. The van der Waals surface area contributed by atoms with Gasteiger partial charge in [-0.3, -0.25) is 14.2 Å². The maximum atomic E-state index is 12.9. The summed E-state index contributed by atoms with van der Waals surface area (Å²) < 4.78 is 35.2. The number of aromatic amines is 1. The summed E-state index contributed by atoms with van der Waals surface area (Å²) in [6, 6.07) is 9.65. The Morgan fingerprint density at radius 1 is 1.11 bits per heavy atom. The number of aromatic nitrogens is 2. The van der Waals surface area contributed by atoms with Crippen molar-refractivity contribution in [2.24, 2.45) is 5.14 Å². The smallest absolute Gasteiger partial charge is 0.262 e. The van der Waals surface area contributed by atoms with E-state index in [0.29, 0.717) is 65.9 Å². The number of H-pyrrole nitrogens is 1. The maximum Gasteiger partial charge on any atom is 0.262 e. The molecule has 0 atom stereocenters. The van der Waals surface area contributed by atoms with Crippen LogP contribution in [0.4, 0.5) is 0 Å². The van der Waals surface area contributed by atoms with Gasteiger partial charge in [0.2, 0.25) is 22.7 Å². The summed E-state index contributed by atoms with van der Waals surface area (Å²) in [6.45, 7) is 1.03. The number of hydrogen-bond acceptors (Lipinski definition) is 7. The standard InChI is InChI=1S/C23H26N4O6S2/c24-35(30,31)16-7-5-15(6-8-16)9-10-25-21(28)4-2-1-3-11-27-22(29)17-12-19-20(33-14-32-19)13-18(17)26-23(27)34/h5-8,12-13H,1-4,9-11,14H2,(H,25,28)(H,26,34)(H2,24,30,31). The molecule has 1 aliphatic rings. The highest BCUT2D eigenvalue weighted by Gasteiger charge is 2.17. The third kappa shape index (κ3) is 6.08. The number of sulfonamides is 1. The molecule has 0 radical (unpaired) electrons. The first-order chi connectivity index (χ1) is 16.7. The van der Waals surface area contributed by atoms with Crippen LogP contribution in [0.15, 0.2) is 46.1 Å². The Kier molecular flexibility index (Phi) is 7.53. The predicted molar refractivity (Wildman–Crippen MR) is 133 cm³/mol. The number of rotatable bonds is 10. The van der Waals surface area contributed by atoms with Gasteiger partial charge >= 0.3 is 0 Å². The quantitative estimate of drug-likeness (QED) is 0.276. The fourth-order valence-electron chi connectivity index (χ4n) is 3.86. The van der Waals surface area contributed by atoms with Gasteiger partial charge in [-0.1, -0.05) is 18.6 Å². The third-order valence-electron chi connectivity index (χ3n) is 5.75. The van der Waals surface area contributed by atoms with Crippen LogP contribution >= 0.6 is 12.2 Å². The minimum absolute atomic E-state index is 0.0533. The van der Waals surface area contributed by atoms with Crippen LogP contribution in [0.2, 0.25) is 0 Å². The van der Waals surface area contributed by atoms with E-state index in [2.05, 4.69) is 10.3 Å². The summed E-state index contributed by atoms with van der Waals surface area (Å²) >= 11 is 5.36. The molecule has 0 saturated carbocycles. The van der Waals surface area contributed by atoms with Crippen LogP contribution in [0.25, 0.3) is 10.9 Å².